The third-order valence-corrected chi connectivity index (χ3v) is 7.63. The number of likely N-dealkylation sites (tertiary alicyclic amines) is 1. The molecule has 2 aromatic carbocycles. The van der Waals surface area contributed by atoms with Crippen LogP contribution in [0.5, 0.6) is 0 Å². The van der Waals surface area contributed by atoms with E-state index in [-0.39, 0.29) is 30.3 Å². The molecule has 3 aliphatic rings. The first-order valence-electron chi connectivity index (χ1n) is 13.4. The summed E-state index contributed by atoms with van der Waals surface area (Å²) in [6.45, 7) is 2.91. The number of amides is 3. The molecule has 1 atom stereocenters. The first-order valence-corrected chi connectivity index (χ1v) is 13.4. The Morgan fingerprint density at radius 1 is 0.889 bits per heavy atom. The van der Waals surface area contributed by atoms with Crippen LogP contribution < -0.4 is 15.1 Å². The highest BCUT2D eigenvalue weighted by atomic mass is 16.2. The lowest BCUT2D eigenvalue weighted by Gasteiger charge is -2.45. The number of aryl methyl sites for hydroxylation is 1. The number of carbonyl (C=O) groups excluding carboxylic acids is 3. The summed E-state index contributed by atoms with van der Waals surface area (Å²) in [6.07, 6.45) is 7.79. The van der Waals surface area contributed by atoms with Crippen LogP contribution in [0.25, 0.3) is 0 Å². The van der Waals surface area contributed by atoms with Crippen LogP contribution in [0.15, 0.2) is 48.5 Å². The number of anilines is 2. The van der Waals surface area contributed by atoms with Gasteiger partial charge in [-0.25, -0.2) is 0 Å². The second-order valence-electron chi connectivity index (χ2n) is 10.1. The van der Waals surface area contributed by atoms with Crippen LogP contribution in [-0.2, 0) is 16.0 Å². The van der Waals surface area contributed by atoms with E-state index in [9.17, 15) is 14.4 Å². The molecule has 7 nitrogen and oxygen atoms in total. The van der Waals surface area contributed by atoms with Crippen LogP contribution in [0.2, 0.25) is 0 Å². The molecule has 3 heterocycles. The predicted molar refractivity (Wildman–Crippen MR) is 141 cm³/mol. The van der Waals surface area contributed by atoms with Gasteiger partial charge in [0.2, 0.25) is 11.8 Å². The van der Waals surface area contributed by atoms with Gasteiger partial charge in [0.25, 0.3) is 5.91 Å². The molecule has 2 aromatic rings. The van der Waals surface area contributed by atoms with E-state index in [4.69, 9.17) is 0 Å². The summed E-state index contributed by atoms with van der Waals surface area (Å²) < 4.78 is 0. The van der Waals surface area contributed by atoms with E-state index >= 15 is 0 Å². The largest absolute Gasteiger partial charge is 0.358 e. The lowest BCUT2D eigenvalue weighted by atomic mass is 9.95. The fourth-order valence-electron chi connectivity index (χ4n) is 5.70. The Morgan fingerprint density at radius 3 is 2.47 bits per heavy atom. The van der Waals surface area contributed by atoms with Crippen molar-refractivity contribution in [2.24, 2.45) is 0 Å². The first-order chi connectivity index (χ1) is 17.6. The average molecular weight is 489 g/mol. The average Bonchev–Trinajstić information content (AvgIpc) is 2.94. The van der Waals surface area contributed by atoms with Crippen LogP contribution in [0.1, 0.15) is 60.9 Å². The van der Waals surface area contributed by atoms with Crippen LogP contribution in [0.3, 0.4) is 0 Å². The summed E-state index contributed by atoms with van der Waals surface area (Å²) in [5.74, 6) is -0.195. The fourth-order valence-corrected chi connectivity index (χ4v) is 5.70. The summed E-state index contributed by atoms with van der Waals surface area (Å²) in [6, 6.07) is 15.7. The van der Waals surface area contributed by atoms with Crippen LogP contribution in [0, 0.1) is 0 Å². The molecule has 0 radical (unpaired) electrons. The van der Waals surface area contributed by atoms with Gasteiger partial charge in [-0.05, 0) is 75.1 Å². The maximum atomic E-state index is 13.6. The zero-order chi connectivity index (χ0) is 24.9. The fraction of sp³-hybridized carbons (Fsp3) is 0.483. The number of fused-ring (bicyclic) bond motifs is 3. The highest BCUT2D eigenvalue weighted by molar-refractivity contribution is 6.09. The quantitative estimate of drug-likeness (QED) is 0.603. The van der Waals surface area contributed by atoms with Crippen LogP contribution >= 0.6 is 0 Å². The van der Waals surface area contributed by atoms with Gasteiger partial charge in [0.15, 0.2) is 0 Å². The number of nitrogens with zero attached hydrogens (tertiary/aromatic N) is 3. The van der Waals surface area contributed by atoms with Crippen molar-refractivity contribution in [1.82, 2.24) is 10.2 Å². The molecule has 0 bridgehead atoms. The van der Waals surface area contributed by atoms with Crippen molar-refractivity contribution in [3.63, 3.8) is 0 Å². The Labute approximate surface area is 213 Å². The molecule has 190 valence electrons. The third-order valence-electron chi connectivity index (χ3n) is 7.63. The highest BCUT2D eigenvalue weighted by Crippen LogP contribution is 2.40. The van der Waals surface area contributed by atoms with E-state index in [1.807, 2.05) is 41.3 Å². The normalized spacial score (nSPS) is 19.5. The lowest BCUT2D eigenvalue weighted by Crippen LogP contribution is -2.57. The standard InChI is InChI=1S/C29H36N4O3/c34-27(30-16-9-12-22-10-3-1-4-11-22)21-33-26-20-23(28(35)31-17-6-2-7-18-31)14-15-24(26)32-19-8-5-13-25(32)29(33)36/h1,3-4,10-11,14-15,20,25H,2,5-9,12-13,16-19,21H2,(H,30,34). The van der Waals surface area contributed by atoms with Gasteiger partial charge in [-0.2, -0.15) is 0 Å². The van der Waals surface area contributed by atoms with Gasteiger partial charge in [-0.3, -0.25) is 19.3 Å². The molecule has 3 aliphatic heterocycles. The van der Waals surface area contributed by atoms with E-state index in [0.29, 0.717) is 17.8 Å². The summed E-state index contributed by atoms with van der Waals surface area (Å²) in [5, 5.41) is 2.99. The molecule has 2 saturated heterocycles. The minimum absolute atomic E-state index is 0.0102. The molecule has 2 fully saturated rings. The molecule has 0 aromatic heterocycles. The van der Waals surface area contributed by atoms with Gasteiger partial charge in [-0.15, -0.1) is 0 Å². The zero-order valence-corrected chi connectivity index (χ0v) is 21.0. The van der Waals surface area contributed by atoms with Crippen molar-refractivity contribution in [3.8, 4) is 0 Å². The van der Waals surface area contributed by atoms with Gasteiger partial charge >= 0.3 is 0 Å². The molecule has 1 N–H and O–H groups in total. The van der Waals surface area contributed by atoms with Gasteiger partial charge in [-0.1, -0.05) is 30.3 Å². The number of benzene rings is 2. The number of piperidine rings is 2. The van der Waals surface area contributed by atoms with E-state index in [2.05, 4.69) is 22.3 Å². The number of rotatable bonds is 7. The maximum absolute atomic E-state index is 13.6. The smallest absolute Gasteiger partial charge is 0.253 e. The summed E-state index contributed by atoms with van der Waals surface area (Å²) >= 11 is 0. The van der Waals surface area contributed by atoms with E-state index in [1.165, 1.54) is 5.56 Å². The molecule has 0 spiro atoms. The number of hydrogen-bond acceptors (Lipinski definition) is 4. The Kier molecular flexibility index (Phi) is 7.54. The third kappa shape index (κ3) is 5.25. The van der Waals surface area contributed by atoms with Crippen molar-refractivity contribution < 1.29 is 14.4 Å². The highest BCUT2D eigenvalue weighted by Gasteiger charge is 2.40. The molecule has 1 unspecified atom stereocenters. The SMILES string of the molecule is O=C(CN1C(=O)C2CCCCN2c2ccc(C(=O)N3CCCCC3)cc21)NCCCc1ccccc1. The summed E-state index contributed by atoms with van der Waals surface area (Å²) in [4.78, 5) is 45.4. The topological polar surface area (TPSA) is 73.0 Å². The Bertz CT molecular complexity index is 1100. The summed E-state index contributed by atoms with van der Waals surface area (Å²) in [5.41, 5.74) is 3.47. The molecule has 3 amide bonds. The monoisotopic (exact) mass is 488 g/mol. The maximum Gasteiger partial charge on any atom is 0.253 e. The van der Waals surface area contributed by atoms with Gasteiger partial charge in [0.1, 0.15) is 12.6 Å². The molecule has 7 heteroatoms. The van der Waals surface area contributed by atoms with Gasteiger partial charge < -0.3 is 15.1 Å². The van der Waals surface area contributed by atoms with Crippen molar-refractivity contribution in [3.05, 3.63) is 59.7 Å². The van der Waals surface area contributed by atoms with Crippen LogP contribution in [-0.4, -0.2) is 61.4 Å². The van der Waals surface area contributed by atoms with Crippen molar-refractivity contribution in [2.75, 3.05) is 42.5 Å². The second kappa shape index (κ2) is 11.1. The Hall–Kier alpha value is -3.35. The van der Waals surface area contributed by atoms with Crippen LogP contribution in [0.4, 0.5) is 11.4 Å². The Morgan fingerprint density at radius 2 is 1.67 bits per heavy atom. The van der Waals surface area contributed by atoms with E-state index in [0.717, 1.165) is 76.7 Å². The van der Waals surface area contributed by atoms with Gasteiger partial charge in [0.05, 0.1) is 11.4 Å². The molecule has 0 saturated carbocycles. The van der Waals surface area contributed by atoms with Crippen molar-refractivity contribution in [2.45, 2.75) is 57.4 Å². The summed E-state index contributed by atoms with van der Waals surface area (Å²) in [7, 11) is 0. The second-order valence-corrected chi connectivity index (χ2v) is 10.1. The zero-order valence-electron chi connectivity index (χ0n) is 21.0. The predicted octanol–water partition coefficient (Wildman–Crippen LogP) is 3.77. The Balaban J connectivity index is 1.31. The van der Waals surface area contributed by atoms with E-state index < -0.39 is 0 Å². The number of hydrogen-bond donors (Lipinski definition) is 1. The molecule has 36 heavy (non-hydrogen) atoms. The molecular weight excluding hydrogens is 452 g/mol. The van der Waals surface area contributed by atoms with E-state index in [1.54, 1.807) is 4.90 Å². The minimum Gasteiger partial charge on any atom is -0.358 e. The minimum atomic E-state index is -0.235. The molecule has 0 aliphatic carbocycles. The molecular formula is C29H36N4O3. The van der Waals surface area contributed by atoms with Crippen molar-refractivity contribution in [1.29, 1.82) is 0 Å². The van der Waals surface area contributed by atoms with Crippen molar-refractivity contribution >= 4 is 29.1 Å². The first kappa shape index (κ1) is 24.3. The number of nitrogens with one attached hydrogen (secondary N) is 1. The molecule has 5 rings (SSSR count). The van der Waals surface area contributed by atoms with Gasteiger partial charge in [0, 0.05) is 31.7 Å². The lowest BCUT2D eigenvalue weighted by molar-refractivity contribution is -0.125. The number of carbonyl (C=O) groups is 3.